The quantitative estimate of drug-likeness (QED) is 0.497. The van der Waals surface area contributed by atoms with Crippen LogP contribution in [0.4, 0.5) is 0 Å². The van der Waals surface area contributed by atoms with Crippen molar-refractivity contribution in [3.8, 4) is 0 Å². The van der Waals surface area contributed by atoms with Crippen LogP contribution in [-0.2, 0) is 4.74 Å². The molecule has 5 aliphatic rings. The van der Waals surface area contributed by atoms with Gasteiger partial charge in [0, 0.05) is 0 Å². The summed E-state index contributed by atoms with van der Waals surface area (Å²) in [5, 5.41) is 0. The van der Waals surface area contributed by atoms with Crippen LogP contribution in [0.15, 0.2) is 0 Å². The Morgan fingerprint density at radius 1 is 0.800 bits per heavy atom. The van der Waals surface area contributed by atoms with Crippen molar-refractivity contribution in [3.63, 3.8) is 0 Å². The van der Waals surface area contributed by atoms with E-state index in [1.54, 1.807) is 0 Å². The highest BCUT2D eigenvalue weighted by atomic mass is 16.6. The smallest absolute Gasteiger partial charge is 0.0921 e. The molecule has 1 heteroatoms. The minimum Gasteiger partial charge on any atom is -0.370 e. The van der Waals surface area contributed by atoms with Crippen molar-refractivity contribution in [2.75, 3.05) is 6.61 Å². The maximum Gasteiger partial charge on any atom is 0.0921 e. The Balaban J connectivity index is 1.43. The number of hydrogen-bond donors (Lipinski definition) is 0. The minimum atomic E-state index is 0.240. The first-order chi connectivity index (χ1) is 11.9. The normalized spacial score (nSPS) is 61.0. The Morgan fingerprint density at radius 2 is 1.52 bits per heavy atom. The van der Waals surface area contributed by atoms with Crippen LogP contribution in [-0.4, -0.2) is 12.2 Å². The Bertz CT molecular complexity index is 536. The van der Waals surface area contributed by atoms with Gasteiger partial charge >= 0.3 is 0 Å². The van der Waals surface area contributed by atoms with E-state index in [0.29, 0.717) is 10.8 Å². The van der Waals surface area contributed by atoms with E-state index in [9.17, 15) is 0 Å². The molecule has 8 unspecified atom stereocenters. The Morgan fingerprint density at radius 3 is 2.28 bits per heavy atom. The van der Waals surface area contributed by atoms with Crippen molar-refractivity contribution in [1.82, 2.24) is 0 Å². The third-order valence-electron chi connectivity index (χ3n) is 10.3. The fraction of sp³-hybridized carbons (Fsp3) is 1.00. The summed E-state index contributed by atoms with van der Waals surface area (Å²) in [7, 11) is 0. The van der Waals surface area contributed by atoms with Gasteiger partial charge < -0.3 is 4.74 Å². The summed E-state index contributed by atoms with van der Waals surface area (Å²) in [6, 6.07) is 0. The number of rotatable bonds is 1. The number of epoxide rings is 1. The third-order valence-corrected chi connectivity index (χ3v) is 10.3. The third kappa shape index (κ3) is 2.43. The van der Waals surface area contributed by atoms with E-state index in [2.05, 4.69) is 27.7 Å². The molecule has 9 atom stereocenters. The molecule has 5 fully saturated rings. The molecule has 0 N–H and O–H groups in total. The predicted octanol–water partition coefficient (Wildman–Crippen LogP) is 6.46. The standard InChI is InChI=1S/C24H40O/c1-16-8-9-19-17-11-13-23(3)20(18(17)10-12-22(19,2)14-16)6-5-7-21(23)24(4)15-25-24/h16-21H,5-15H2,1-4H3/t16?,17?,18?,19?,20?,21?,22-,23?,24?/m1/s1. The monoisotopic (exact) mass is 344 g/mol. The second kappa shape index (κ2) is 5.49. The van der Waals surface area contributed by atoms with Crippen LogP contribution in [0.3, 0.4) is 0 Å². The van der Waals surface area contributed by atoms with E-state index in [4.69, 9.17) is 4.74 Å². The van der Waals surface area contributed by atoms with Gasteiger partial charge in [-0.1, -0.05) is 33.6 Å². The molecule has 0 radical (unpaired) electrons. The second-order valence-electron chi connectivity index (χ2n) is 11.7. The summed E-state index contributed by atoms with van der Waals surface area (Å²) in [4.78, 5) is 0. The van der Waals surface area contributed by atoms with E-state index in [1.165, 1.54) is 64.2 Å². The summed E-state index contributed by atoms with van der Waals surface area (Å²) >= 11 is 0. The van der Waals surface area contributed by atoms with Gasteiger partial charge in [-0.15, -0.1) is 0 Å². The zero-order valence-electron chi connectivity index (χ0n) is 17.2. The number of ether oxygens (including phenoxy) is 1. The molecule has 25 heavy (non-hydrogen) atoms. The largest absolute Gasteiger partial charge is 0.370 e. The topological polar surface area (TPSA) is 12.5 Å². The fourth-order valence-corrected chi connectivity index (χ4v) is 9.12. The molecule has 4 saturated carbocycles. The molecule has 0 aromatic heterocycles. The summed E-state index contributed by atoms with van der Waals surface area (Å²) in [5.74, 6) is 5.93. The van der Waals surface area contributed by atoms with Gasteiger partial charge in [0.1, 0.15) is 0 Å². The van der Waals surface area contributed by atoms with Crippen LogP contribution in [0.2, 0.25) is 0 Å². The molecule has 4 aliphatic carbocycles. The molecule has 0 aromatic rings. The second-order valence-corrected chi connectivity index (χ2v) is 11.7. The number of hydrogen-bond acceptors (Lipinski definition) is 1. The van der Waals surface area contributed by atoms with Gasteiger partial charge in [-0.3, -0.25) is 0 Å². The van der Waals surface area contributed by atoms with Crippen molar-refractivity contribution in [2.45, 2.75) is 97.5 Å². The summed E-state index contributed by atoms with van der Waals surface area (Å²) < 4.78 is 6.00. The molecular formula is C24H40O. The van der Waals surface area contributed by atoms with Crippen LogP contribution < -0.4 is 0 Å². The molecular weight excluding hydrogens is 304 g/mol. The van der Waals surface area contributed by atoms with Crippen LogP contribution in [0.25, 0.3) is 0 Å². The van der Waals surface area contributed by atoms with E-state index in [-0.39, 0.29) is 5.60 Å². The molecule has 1 aliphatic heterocycles. The predicted molar refractivity (Wildman–Crippen MR) is 103 cm³/mol. The molecule has 0 bridgehead atoms. The lowest BCUT2D eigenvalue weighted by Crippen LogP contribution is -2.56. The van der Waals surface area contributed by atoms with Gasteiger partial charge in [0.2, 0.25) is 0 Å². The maximum absolute atomic E-state index is 6.00. The molecule has 142 valence electrons. The van der Waals surface area contributed by atoms with Crippen LogP contribution in [0, 0.1) is 46.3 Å². The van der Waals surface area contributed by atoms with Gasteiger partial charge in [0.05, 0.1) is 12.2 Å². The summed E-state index contributed by atoms with van der Waals surface area (Å²) in [6.45, 7) is 11.3. The lowest BCUT2D eigenvalue weighted by molar-refractivity contribution is -0.142. The Kier molecular flexibility index (Phi) is 3.75. The van der Waals surface area contributed by atoms with Crippen molar-refractivity contribution in [2.24, 2.45) is 46.3 Å². The SMILES string of the molecule is CC1CCC2C3CCC4(C)C(CCCC4C4(C)CO4)C3CC[C@]2(C)C1. The van der Waals surface area contributed by atoms with E-state index in [1.807, 2.05) is 0 Å². The Hall–Kier alpha value is -0.0400. The highest BCUT2D eigenvalue weighted by molar-refractivity contribution is 5.11. The lowest BCUT2D eigenvalue weighted by Gasteiger charge is -2.63. The van der Waals surface area contributed by atoms with Gasteiger partial charge in [-0.25, -0.2) is 0 Å². The summed E-state index contributed by atoms with van der Waals surface area (Å²) in [5.41, 5.74) is 1.48. The molecule has 0 aromatic carbocycles. The maximum atomic E-state index is 6.00. The summed E-state index contributed by atoms with van der Waals surface area (Å²) in [6.07, 6.45) is 15.0. The molecule has 0 amide bonds. The highest BCUT2D eigenvalue weighted by Gasteiger charge is 2.62. The van der Waals surface area contributed by atoms with Crippen molar-refractivity contribution in [1.29, 1.82) is 0 Å². The van der Waals surface area contributed by atoms with Gasteiger partial charge in [0.25, 0.3) is 0 Å². The van der Waals surface area contributed by atoms with Crippen molar-refractivity contribution < 1.29 is 4.74 Å². The molecule has 5 rings (SSSR count). The fourth-order valence-electron chi connectivity index (χ4n) is 9.12. The average molecular weight is 345 g/mol. The molecule has 1 saturated heterocycles. The van der Waals surface area contributed by atoms with E-state index < -0.39 is 0 Å². The van der Waals surface area contributed by atoms with Gasteiger partial charge in [0.15, 0.2) is 0 Å². The molecule has 1 nitrogen and oxygen atoms in total. The highest BCUT2D eigenvalue weighted by Crippen LogP contribution is 2.67. The minimum absolute atomic E-state index is 0.240. The Labute approximate surface area is 155 Å². The zero-order valence-corrected chi connectivity index (χ0v) is 17.2. The van der Waals surface area contributed by atoms with Crippen LogP contribution in [0.5, 0.6) is 0 Å². The number of fused-ring (bicyclic) bond motifs is 5. The first kappa shape index (κ1) is 17.1. The van der Waals surface area contributed by atoms with Crippen molar-refractivity contribution in [3.05, 3.63) is 0 Å². The lowest BCUT2D eigenvalue weighted by atomic mass is 9.42. The molecule has 1 heterocycles. The van der Waals surface area contributed by atoms with Gasteiger partial charge in [-0.05, 0) is 105 Å². The van der Waals surface area contributed by atoms with Crippen LogP contribution >= 0.6 is 0 Å². The van der Waals surface area contributed by atoms with Crippen LogP contribution in [0.1, 0.15) is 91.9 Å². The van der Waals surface area contributed by atoms with Gasteiger partial charge in [-0.2, -0.15) is 0 Å². The first-order valence-corrected chi connectivity index (χ1v) is 11.5. The first-order valence-electron chi connectivity index (χ1n) is 11.5. The average Bonchev–Trinajstić information content (AvgIpc) is 3.31. The zero-order chi connectivity index (χ0) is 17.4. The van der Waals surface area contributed by atoms with Crippen molar-refractivity contribution >= 4 is 0 Å². The van der Waals surface area contributed by atoms with E-state index in [0.717, 1.165) is 42.1 Å². The van der Waals surface area contributed by atoms with E-state index >= 15 is 0 Å². The molecule has 0 spiro atoms.